The maximum absolute atomic E-state index is 12.0. The lowest BCUT2D eigenvalue weighted by Crippen LogP contribution is -2.29. The molecule has 0 rings (SSSR count). The van der Waals surface area contributed by atoms with Crippen LogP contribution in [0.25, 0.3) is 0 Å². The Labute approximate surface area is 218 Å². The van der Waals surface area contributed by atoms with Gasteiger partial charge in [0.1, 0.15) is 0 Å². The Kier molecular flexibility index (Phi) is 26.6. The van der Waals surface area contributed by atoms with Gasteiger partial charge in [0.2, 0.25) is 5.91 Å². The largest absolute Gasteiger partial charge is 0.368 e. The van der Waals surface area contributed by atoms with Crippen molar-refractivity contribution in [2.24, 2.45) is 0 Å². The van der Waals surface area contributed by atoms with Crippen LogP contribution in [0.5, 0.6) is 0 Å². The average molecular weight is 497 g/mol. The van der Waals surface area contributed by atoms with E-state index in [0.717, 1.165) is 32.1 Å². The van der Waals surface area contributed by atoms with Crippen molar-refractivity contribution in [3.63, 3.8) is 0 Å². The van der Waals surface area contributed by atoms with Gasteiger partial charge in [-0.15, -0.1) is 5.06 Å². The van der Waals surface area contributed by atoms with E-state index in [1.807, 2.05) is 0 Å². The van der Waals surface area contributed by atoms with Crippen LogP contribution in [-0.2, 0) is 14.4 Å². The van der Waals surface area contributed by atoms with E-state index in [4.69, 9.17) is 4.84 Å². The van der Waals surface area contributed by atoms with Crippen molar-refractivity contribution in [3.8, 4) is 0 Å². The zero-order valence-corrected chi connectivity index (χ0v) is 23.8. The van der Waals surface area contributed by atoms with Crippen LogP contribution in [0.15, 0.2) is 0 Å². The topological polar surface area (TPSA) is 58.6 Å². The quantitative estimate of drug-likeness (QED) is 0.0914. The molecule has 0 aliphatic rings. The molecule has 0 saturated carbocycles. The van der Waals surface area contributed by atoms with Crippen LogP contribution in [0.1, 0.15) is 162 Å². The summed E-state index contributed by atoms with van der Waals surface area (Å²) in [6.07, 6.45) is 27.4. The van der Waals surface area contributed by atoms with Crippen molar-refractivity contribution in [2.45, 2.75) is 162 Å². The maximum atomic E-state index is 12.0. The van der Waals surface area contributed by atoms with Gasteiger partial charge in [-0.1, -0.05) is 129 Å². The highest BCUT2D eigenvalue weighted by molar-refractivity contribution is 5.75. The summed E-state index contributed by atoms with van der Waals surface area (Å²) < 4.78 is 0. The van der Waals surface area contributed by atoms with Crippen molar-refractivity contribution in [1.29, 1.82) is 0 Å². The molecule has 0 fully saturated rings. The maximum Gasteiger partial charge on any atom is 0.325 e. The van der Waals surface area contributed by atoms with Gasteiger partial charge in [0, 0.05) is 33.0 Å². The second-order valence-corrected chi connectivity index (χ2v) is 10.4. The van der Waals surface area contributed by atoms with Crippen molar-refractivity contribution in [3.05, 3.63) is 0 Å². The number of unbranched alkanes of at least 4 members (excludes halogenated alkanes) is 18. The zero-order valence-electron chi connectivity index (χ0n) is 23.8. The number of hydrogen-bond acceptors (Lipinski definition) is 4. The molecule has 0 aromatic rings. The van der Waals surface area contributed by atoms with Crippen LogP contribution in [0, 0.1) is 0 Å². The van der Waals surface area contributed by atoms with E-state index in [2.05, 4.69) is 19.2 Å². The van der Waals surface area contributed by atoms with Crippen molar-refractivity contribution in [2.75, 3.05) is 20.1 Å². The van der Waals surface area contributed by atoms with Gasteiger partial charge in [-0.2, -0.15) is 0 Å². The van der Waals surface area contributed by atoms with E-state index in [1.54, 1.807) is 12.1 Å². The minimum atomic E-state index is -0.143. The van der Waals surface area contributed by atoms with E-state index < -0.39 is 0 Å². The Hall–Kier alpha value is -1.10. The lowest BCUT2D eigenvalue weighted by molar-refractivity contribution is -0.184. The predicted octanol–water partition coefficient (Wildman–Crippen LogP) is 8.50. The first kappa shape index (κ1) is 33.9. The highest BCUT2D eigenvalue weighted by Gasteiger charge is 2.08. The molecule has 35 heavy (non-hydrogen) atoms. The van der Waals surface area contributed by atoms with Crippen molar-refractivity contribution < 1.29 is 14.4 Å². The number of nitrogens with zero attached hydrogens (tertiary/aromatic N) is 1. The highest BCUT2D eigenvalue weighted by Crippen LogP contribution is 2.12. The fraction of sp³-hybridized carbons (Fsp3) is 0.933. The lowest BCUT2D eigenvalue weighted by Gasteiger charge is -2.16. The van der Waals surface area contributed by atoms with E-state index in [1.165, 1.54) is 103 Å². The molecule has 0 aromatic heterocycles. The summed E-state index contributed by atoms with van der Waals surface area (Å²) in [4.78, 5) is 29.3. The average Bonchev–Trinajstić information content (AvgIpc) is 2.84. The summed E-state index contributed by atoms with van der Waals surface area (Å²) in [7, 11) is 1.79. The smallest absolute Gasteiger partial charge is 0.325 e. The molecule has 0 saturated heterocycles. The SMILES string of the molecule is CCCCCCCCCCCCCC(=O)NCCCN(C)OC(=O)CCCCCCCCCCC. The first-order valence-electron chi connectivity index (χ1n) is 15.3. The van der Waals surface area contributed by atoms with Gasteiger partial charge in [0.05, 0.1) is 0 Å². The van der Waals surface area contributed by atoms with Gasteiger partial charge in [-0.25, -0.2) is 0 Å². The summed E-state index contributed by atoms with van der Waals surface area (Å²) in [5, 5.41) is 4.59. The Morgan fingerprint density at radius 3 is 1.43 bits per heavy atom. The summed E-state index contributed by atoms with van der Waals surface area (Å²) in [6, 6.07) is 0. The molecule has 0 aromatic carbocycles. The number of carbonyl (C=O) groups excluding carboxylic acids is 2. The second kappa shape index (κ2) is 27.5. The van der Waals surface area contributed by atoms with Crippen LogP contribution < -0.4 is 5.32 Å². The molecule has 0 radical (unpaired) electrons. The molecule has 0 aliphatic carbocycles. The van der Waals surface area contributed by atoms with E-state index in [0.29, 0.717) is 25.9 Å². The molecular weight excluding hydrogens is 436 g/mol. The molecule has 1 N–H and O–H groups in total. The summed E-state index contributed by atoms with van der Waals surface area (Å²) >= 11 is 0. The van der Waals surface area contributed by atoms with Gasteiger partial charge in [-0.05, 0) is 19.3 Å². The molecule has 5 nitrogen and oxygen atoms in total. The first-order chi connectivity index (χ1) is 17.1. The number of hydroxylamine groups is 2. The summed E-state index contributed by atoms with van der Waals surface area (Å²) in [5.74, 6) is 0.00177. The van der Waals surface area contributed by atoms with E-state index >= 15 is 0 Å². The normalized spacial score (nSPS) is 11.2. The molecule has 5 heteroatoms. The fourth-order valence-electron chi connectivity index (χ4n) is 4.41. The molecule has 0 unspecified atom stereocenters. The van der Waals surface area contributed by atoms with Crippen LogP contribution in [0.2, 0.25) is 0 Å². The summed E-state index contributed by atoms with van der Waals surface area (Å²) in [6.45, 7) is 5.78. The number of carbonyl (C=O) groups is 2. The number of hydrogen-bond donors (Lipinski definition) is 1. The third-order valence-electron chi connectivity index (χ3n) is 6.72. The standard InChI is InChI=1S/C30H60N2O3/c1-4-6-8-10-12-14-15-17-18-20-22-25-29(33)31-27-24-28-32(3)35-30(34)26-23-21-19-16-13-11-9-7-5-2/h4-28H2,1-3H3,(H,31,33). The Bertz CT molecular complexity index is 471. The molecule has 0 aliphatic heterocycles. The van der Waals surface area contributed by atoms with Gasteiger partial charge >= 0.3 is 5.97 Å². The van der Waals surface area contributed by atoms with Gasteiger partial charge < -0.3 is 10.2 Å². The van der Waals surface area contributed by atoms with E-state index in [9.17, 15) is 9.59 Å². The molecule has 0 atom stereocenters. The zero-order chi connectivity index (χ0) is 25.8. The van der Waals surface area contributed by atoms with Crippen molar-refractivity contribution in [1.82, 2.24) is 10.4 Å². The van der Waals surface area contributed by atoms with Gasteiger partial charge in [0.15, 0.2) is 0 Å². The van der Waals surface area contributed by atoms with E-state index in [-0.39, 0.29) is 11.9 Å². The highest BCUT2D eigenvalue weighted by atomic mass is 16.7. The fourth-order valence-corrected chi connectivity index (χ4v) is 4.41. The second-order valence-electron chi connectivity index (χ2n) is 10.4. The van der Waals surface area contributed by atoms with Crippen LogP contribution >= 0.6 is 0 Å². The molecule has 0 heterocycles. The Morgan fingerprint density at radius 1 is 0.571 bits per heavy atom. The van der Waals surface area contributed by atoms with Gasteiger partial charge in [0.25, 0.3) is 0 Å². The third-order valence-corrected chi connectivity index (χ3v) is 6.72. The predicted molar refractivity (Wildman–Crippen MR) is 149 cm³/mol. The minimum absolute atomic E-state index is 0.143. The molecular formula is C30H60N2O3. The van der Waals surface area contributed by atoms with Crippen LogP contribution in [0.3, 0.4) is 0 Å². The molecule has 0 spiro atoms. The van der Waals surface area contributed by atoms with Crippen LogP contribution in [0.4, 0.5) is 0 Å². The molecule has 208 valence electrons. The number of rotatable bonds is 27. The lowest BCUT2D eigenvalue weighted by atomic mass is 10.1. The van der Waals surface area contributed by atoms with Crippen LogP contribution in [-0.4, -0.2) is 37.1 Å². The van der Waals surface area contributed by atoms with Crippen molar-refractivity contribution >= 4 is 11.9 Å². The monoisotopic (exact) mass is 496 g/mol. The number of nitrogens with one attached hydrogen (secondary N) is 1. The Balaban J connectivity index is 3.41. The molecule has 0 bridgehead atoms. The third kappa shape index (κ3) is 27.3. The number of amides is 1. The van der Waals surface area contributed by atoms with Gasteiger partial charge in [-0.3, -0.25) is 9.59 Å². The first-order valence-corrected chi connectivity index (χ1v) is 15.3. The summed E-state index contributed by atoms with van der Waals surface area (Å²) in [5.41, 5.74) is 0. The Morgan fingerprint density at radius 2 is 0.971 bits per heavy atom. The molecule has 1 amide bonds. The minimum Gasteiger partial charge on any atom is -0.368 e.